The minimum Gasteiger partial charge on any atom is -0.344 e. The molecule has 0 radical (unpaired) electrons. The summed E-state index contributed by atoms with van der Waals surface area (Å²) in [6, 6.07) is 5.85. The lowest BCUT2D eigenvalue weighted by Gasteiger charge is -2.26. The molecule has 6 heteroatoms. The number of hydrogen-bond acceptors (Lipinski definition) is 4. The van der Waals surface area contributed by atoms with E-state index in [1.54, 1.807) is 12.4 Å². The highest BCUT2D eigenvalue weighted by Gasteiger charge is 2.21. The fraction of sp³-hybridized carbons (Fsp3) is 0.400. The van der Waals surface area contributed by atoms with Crippen LogP contribution in [0.2, 0.25) is 5.02 Å². The summed E-state index contributed by atoms with van der Waals surface area (Å²) in [6.07, 6.45) is 10.5. The van der Waals surface area contributed by atoms with Crippen LogP contribution < -0.4 is 0 Å². The maximum atomic E-state index is 9.29. The van der Waals surface area contributed by atoms with Crippen LogP contribution in [0.1, 0.15) is 38.4 Å². The Kier molecular flexibility index (Phi) is 4.60. The van der Waals surface area contributed by atoms with Crippen LogP contribution in [0.5, 0.6) is 0 Å². The van der Waals surface area contributed by atoms with Gasteiger partial charge in [-0.15, -0.1) is 0 Å². The molecular weight excluding hydrogens is 346 g/mol. The SMILES string of the molecule is CC1CCC(Cn2ccc3nc(C#N)nc(-c4cncc(Cl)c4)c32)CC1. The lowest BCUT2D eigenvalue weighted by atomic mass is 9.83. The van der Waals surface area contributed by atoms with Gasteiger partial charge in [0, 0.05) is 30.7 Å². The fourth-order valence-electron chi connectivity index (χ4n) is 3.84. The minimum atomic E-state index is 0.164. The molecular formula is C20H20ClN5. The molecule has 4 rings (SSSR count). The summed E-state index contributed by atoms with van der Waals surface area (Å²) in [6.45, 7) is 3.29. The molecule has 0 atom stereocenters. The van der Waals surface area contributed by atoms with Crippen molar-refractivity contribution < 1.29 is 0 Å². The summed E-state index contributed by atoms with van der Waals surface area (Å²) in [5.41, 5.74) is 3.26. The average Bonchev–Trinajstić information content (AvgIpc) is 3.05. The Morgan fingerprint density at radius 2 is 2.04 bits per heavy atom. The monoisotopic (exact) mass is 365 g/mol. The van der Waals surface area contributed by atoms with E-state index in [4.69, 9.17) is 11.6 Å². The first kappa shape index (κ1) is 17.0. The van der Waals surface area contributed by atoms with Crippen molar-refractivity contribution >= 4 is 22.6 Å². The Labute approximate surface area is 157 Å². The second kappa shape index (κ2) is 7.05. The van der Waals surface area contributed by atoms with Crippen LogP contribution in [-0.4, -0.2) is 19.5 Å². The average molecular weight is 366 g/mol. The maximum absolute atomic E-state index is 9.29. The second-order valence-corrected chi connectivity index (χ2v) is 7.66. The van der Waals surface area contributed by atoms with E-state index >= 15 is 0 Å². The summed E-state index contributed by atoms with van der Waals surface area (Å²) in [7, 11) is 0. The Hall–Kier alpha value is -2.45. The van der Waals surface area contributed by atoms with Crippen molar-refractivity contribution in [3.8, 4) is 17.3 Å². The number of halogens is 1. The number of hydrogen-bond donors (Lipinski definition) is 0. The fourth-order valence-corrected chi connectivity index (χ4v) is 4.02. The van der Waals surface area contributed by atoms with Crippen LogP contribution >= 0.6 is 11.6 Å². The van der Waals surface area contributed by atoms with Crippen molar-refractivity contribution in [2.45, 2.75) is 39.2 Å². The third-order valence-electron chi connectivity index (χ3n) is 5.28. The van der Waals surface area contributed by atoms with Crippen LogP contribution in [0.25, 0.3) is 22.3 Å². The van der Waals surface area contributed by atoms with Crippen molar-refractivity contribution in [2.75, 3.05) is 0 Å². The predicted molar refractivity (Wildman–Crippen MR) is 102 cm³/mol. The van der Waals surface area contributed by atoms with Gasteiger partial charge in [0.2, 0.25) is 5.82 Å². The molecule has 1 aliphatic rings. The predicted octanol–water partition coefficient (Wildman–Crippen LogP) is 4.84. The zero-order valence-corrected chi connectivity index (χ0v) is 15.4. The van der Waals surface area contributed by atoms with Gasteiger partial charge in [-0.05, 0) is 36.8 Å². The summed E-state index contributed by atoms with van der Waals surface area (Å²) < 4.78 is 2.23. The summed E-state index contributed by atoms with van der Waals surface area (Å²) in [5.74, 6) is 1.67. The molecule has 0 aliphatic heterocycles. The number of nitrogens with zero attached hydrogens (tertiary/aromatic N) is 5. The van der Waals surface area contributed by atoms with Gasteiger partial charge in [0.05, 0.1) is 16.1 Å². The molecule has 0 amide bonds. The van der Waals surface area contributed by atoms with Gasteiger partial charge in [-0.2, -0.15) is 5.26 Å². The molecule has 3 heterocycles. The Bertz CT molecular complexity index is 980. The van der Waals surface area contributed by atoms with Gasteiger partial charge < -0.3 is 4.57 Å². The standard InChI is InChI=1S/C20H20ClN5/c1-13-2-4-14(5-3-13)12-26-7-6-17-20(26)19(25-18(9-22)24-17)15-8-16(21)11-23-10-15/h6-8,10-11,13-14H,2-5,12H2,1H3. The van der Waals surface area contributed by atoms with Crippen LogP contribution in [-0.2, 0) is 6.54 Å². The quantitative estimate of drug-likeness (QED) is 0.665. The van der Waals surface area contributed by atoms with Crippen molar-refractivity contribution in [3.63, 3.8) is 0 Å². The second-order valence-electron chi connectivity index (χ2n) is 7.23. The van der Waals surface area contributed by atoms with Gasteiger partial charge >= 0.3 is 0 Å². The molecule has 1 aliphatic carbocycles. The van der Waals surface area contributed by atoms with Crippen molar-refractivity contribution in [1.82, 2.24) is 19.5 Å². The zero-order chi connectivity index (χ0) is 18.1. The van der Waals surface area contributed by atoms with E-state index in [1.165, 1.54) is 25.7 Å². The van der Waals surface area contributed by atoms with E-state index in [0.29, 0.717) is 10.9 Å². The molecule has 26 heavy (non-hydrogen) atoms. The van der Waals surface area contributed by atoms with Crippen LogP contribution in [0, 0.1) is 23.2 Å². The molecule has 0 aromatic carbocycles. The molecule has 1 saturated carbocycles. The highest BCUT2D eigenvalue weighted by molar-refractivity contribution is 6.30. The zero-order valence-electron chi connectivity index (χ0n) is 14.7. The molecule has 0 N–H and O–H groups in total. The molecule has 0 spiro atoms. The smallest absolute Gasteiger partial charge is 0.233 e. The van der Waals surface area contributed by atoms with Crippen LogP contribution in [0.3, 0.4) is 0 Å². The van der Waals surface area contributed by atoms with Crippen molar-refractivity contribution in [1.29, 1.82) is 5.26 Å². The third-order valence-corrected chi connectivity index (χ3v) is 5.49. The molecule has 5 nitrogen and oxygen atoms in total. The van der Waals surface area contributed by atoms with Crippen LogP contribution in [0.4, 0.5) is 0 Å². The molecule has 3 aromatic rings. The van der Waals surface area contributed by atoms with E-state index in [-0.39, 0.29) is 5.82 Å². The van der Waals surface area contributed by atoms with E-state index in [0.717, 1.165) is 34.8 Å². The Morgan fingerprint density at radius 1 is 1.23 bits per heavy atom. The van der Waals surface area contributed by atoms with Crippen LogP contribution in [0.15, 0.2) is 30.7 Å². The molecule has 132 valence electrons. The normalized spacial score (nSPS) is 20.2. The summed E-state index contributed by atoms with van der Waals surface area (Å²) in [5, 5.41) is 9.84. The van der Waals surface area contributed by atoms with Gasteiger partial charge in [0.1, 0.15) is 11.8 Å². The molecule has 0 bridgehead atoms. The van der Waals surface area contributed by atoms with Crippen molar-refractivity contribution in [3.05, 3.63) is 41.6 Å². The lowest BCUT2D eigenvalue weighted by Crippen LogP contribution is -2.17. The topological polar surface area (TPSA) is 67.4 Å². The molecule has 1 fully saturated rings. The number of nitriles is 1. The molecule has 0 saturated heterocycles. The van der Waals surface area contributed by atoms with E-state index in [1.807, 2.05) is 12.1 Å². The lowest BCUT2D eigenvalue weighted by molar-refractivity contribution is 0.267. The third kappa shape index (κ3) is 3.30. The van der Waals surface area contributed by atoms with E-state index in [9.17, 15) is 5.26 Å². The van der Waals surface area contributed by atoms with Gasteiger partial charge in [-0.25, -0.2) is 9.97 Å². The minimum absolute atomic E-state index is 0.164. The molecule has 0 unspecified atom stereocenters. The van der Waals surface area contributed by atoms with Gasteiger partial charge in [0.15, 0.2) is 0 Å². The highest BCUT2D eigenvalue weighted by Crippen LogP contribution is 2.32. The Balaban J connectivity index is 1.79. The van der Waals surface area contributed by atoms with Gasteiger partial charge in [-0.3, -0.25) is 4.98 Å². The van der Waals surface area contributed by atoms with E-state index < -0.39 is 0 Å². The number of pyridine rings is 1. The maximum Gasteiger partial charge on any atom is 0.233 e. The molecule has 3 aromatic heterocycles. The first-order chi connectivity index (χ1) is 12.6. The number of aromatic nitrogens is 4. The van der Waals surface area contributed by atoms with Gasteiger partial charge in [-0.1, -0.05) is 31.4 Å². The van der Waals surface area contributed by atoms with Gasteiger partial charge in [0.25, 0.3) is 0 Å². The number of rotatable bonds is 3. The number of fused-ring (bicyclic) bond motifs is 1. The first-order valence-electron chi connectivity index (χ1n) is 9.02. The van der Waals surface area contributed by atoms with E-state index in [2.05, 4.69) is 38.7 Å². The highest BCUT2D eigenvalue weighted by atomic mass is 35.5. The summed E-state index contributed by atoms with van der Waals surface area (Å²) in [4.78, 5) is 13.0. The first-order valence-corrected chi connectivity index (χ1v) is 9.39. The largest absolute Gasteiger partial charge is 0.344 e. The Morgan fingerprint density at radius 3 is 2.77 bits per heavy atom. The van der Waals surface area contributed by atoms with Crippen molar-refractivity contribution in [2.24, 2.45) is 11.8 Å². The summed E-state index contributed by atoms with van der Waals surface area (Å²) >= 11 is 6.12.